The van der Waals surface area contributed by atoms with E-state index in [0.29, 0.717) is 22.1 Å². The minimum Gasteiger partial charge on any atom is -0.485 e. The lowest BCUT2D eigenvalue weighted by atomic mass is 10.0. The van der Waals surface area contributed by atoms with Crippen molar-refractivity contribution in [1.82, 2.24) is 9.38 Å². The number of amides is 1. The third-order valence-corrected chi connectivity index (χ3v) is 6.80. The highest BCUT2D eigenvalue weighted by molar-refractivity contribution is 7.17. The number of fused-ring (bicyclic) bond motifs is 3. The summed E-state index contributed by atoms with van der Waals surface area (Å²) < 4.78 is 21.2. The summed E-state index contributed by atoms with van der Waals surface area (Å²) in [6.07, 6.45) is 4.13. The first-order valence-corrected chi connectivity index (χ1v) is 11.6. The molecule has 0 saturated heterocycles. The van der Waals surface area contributed by atoms with Gasteiger partial charge in [-0.3, -0.25) is 14.0 Å². The van der Waals surface area contributed by atoms with Gasteiger partial charge < -0.3 is 10.1 Å². The molecule has 0 bridgehead atoms. The number of anilines is 1. The van der Waals surface area contributed by atoms with Crippen LogP contribution in [0.5, 0.6) is 5.75 Å². The number of aryl methyl sites for hydroxylation is 3. The van der Waals surface area contributed by atoms with Crippen LogP contribution in [0.1, 0.15) is 45.0 Å². The molecule has 1 N–H and O–H groups in total. The molecule has 33 heavy (non-hydrogen) atoms. The zero-order valence-corrected chi connectivity index (χ0v) is 18.9. The van der Waals surface area contributed by atoms with Crippen molar-refractivity contribution in [2.24, 2.45) is 0 Å². The minimum atomic E-state index is -0.480. The van der Waals surface area contributed by atoms with E-state index in [0.717, 1.165) is 36.9 Å². The van der Waals surface area contributed by atoms with Crippen LogP contribution in [0, 0.1) is 12.7 Å². The molecule has 1 amide bonds. The standard InChI is InChI=1S/C25H22FN3O3S/c1-15-9-10-21(19(11-15)28-24(31)16-5-4-6-17(26)12-16)32-14-18-13-23(30)29-20-7-2-3-8-22(20)33-25(29)27-18/h4-6,9-13H,2-3,7-8,14H2,1H3,(H,28,31). The van der Waals surface area contributed by atoms with Crippen LogP contribution in [0.2, 0.25) is 0 Å². The average molecular weight is 464 g/mol. The van der Waals surface area contributed by atoms with Crippen molar-refractivity contribution in [1.29, 1.82) is 0 Å². The summed E-state index contributed by atoms with van der Waals surface area (Å²) in [5.74, 6) is -0.476. The molecule has 0 unspecified atom stereocenters. The Hall–Kier alpha value is -3.52. The number of nitrogens with one attached hydrogen (secondary N) is 1. The zero-order chi connectivity index (χ0) is 22.9. The fourth-order valence-electron chi connectivity index (χ4n) is 4.06. The molecule has 0 aliphatic heterocycles. The van der Waals surface area contributed by atoms with Gasteiger partial charge in [-0.15, -0.1) is 11.3 Å². The van der Waals surface area contributed by atoms with Crippen LogP contribution in [0.15, 0.2) is 53.3 Å². The number of nitrogens with zero attached hydrogens (tertiary/aromatic N) is 2. The lowest BCUT2D eigenvalue weighted by molar-refractivity contribution is 0.102. The third-order valence-electron chi connectivity index (χ3n) is 5.66. The Morgan fingerprint density at radius 3 is 2.88 bits per heavy atom. The Bertz CT molecular complexity index is 1430. The van der Waals surface area contributed by atoms with Gasteiger partial charge >= 0.3 is 0 Å². The quantitative estimate of drug-likeness (QED) is 0.456. The van der Waals surface area contributed by atoms with E-state index in [1.165, 1.54) is 29.1 Å². The number of thiazole rings is 1. The Labute approximate surface area is 193 Å². The van der Waals surface area contributed by atoms with Gasteiger partial charge in [-0.25, -0.2) is 9.37 Å². The maximum Gasteiger partial charge on any atom is 0.259 e. The molecule has 0 radical (unpaired) electrons. The Balaban J connectivity index is 1.38. The van der Waals surface area contributed by atoms with E-state index in [9.17, 15) is 14.0 Å². The molecule has 0 spiro atoms. The van der Waals surface area contributed by atoms with Gasteiger partial charge in [0.1, 0.15) is 18.2 Å². The molecular weight excluding hydrogens is 441 g/mol. The molecule has 2 aromatic carbocycles. The maximum atomic E-state index is 13.5. The van der Waals surface area contributed by atoms with E-state index >= 15 is 0 Å². The van der Waals surface area contributed by atoms with Gasteiger partial charge in [-0.1, -0.05) is 12.1 Å². The van der Waals surface area contributed by atoms with Gasteiger partial charge in [-0.2, -0.15) is 0 Å². The van der Waals surface area contributed by atoms with E-state index in [1.807, 2.05) is 13.0 Å². The van der Waals surface area contributed by atoms with Crippen LogP contribution < -0.4 is 15.6 Å². The van der Waals surface area contributed by atoms with Crippen molar-refractivity contribution in [3.63, 3.8) is 0 Å². The molecule has 0 fully saturated rings. The van der Waals surface area contributed by atoms with Crippen molar-refractivity contribution < 1.29 is 13.9 Å². The van der Waals surface area contributed by atoms with E-state index < -0.39 is 11.7 Å². The van der Waals surface area contributed by atoms with Gasteiger partial charge in [0.05, 0.1) is 11.4 Å². The minimum absolute atomic E-state index is 0.0835. The van der Waals surface area contributed by atoms with Gasteiger partial charge in [0.2, 0.25) is 0 Å². The number of halogens is 1. The van der Waals surface area contributed by atoms with E-state index in [-0.39, 0.29) is 17.7 Å². The fourth-order valence-corrected chi connectivity index (χ4v) is 5.29. The predicted molar refractivity (Wildman–Crippen MR) is 126 cm³/mol. The Morgan fingerprint density at radius 1 is 1.18 bits per heavy atom. The lowest BCUT2D eigenvalue weighted by Gasteiger charge is -2.14. The van der Waals surface area contributed by atoms with Crippen molar-refractivity contribution in [3.05, 3.63) is 92.1 Å². The van der Waals surface area contributed by atoms with Crippen LogP contribution in [-0.4, -0.2) is 15.3 Å². The predicted octanol–water partition coefficient (Wildman–Crippen LogP) is 4.91. The second-order valence-electron chi connectivity index (χ2n) is 8.14. The van der Waals surface area contributed by atoms with Gasteiger partial charge in [-0.05, 0) is 68.5 Å². The van der Waals surface area contributed by atoms with E-state index in [2.05, 4.69) is 10.3 Å². The largest absolute Gasteiger partial charge is 0.485 e. The summed E-state index contributed by atoms with van der Waals surface area (Å²) in [5.41, 5.74) is 3.13. The molecule has 168 valence electrons. The summed E-state index contributed by atoms with van der Waals surface area (Å²) in [6, 6.07) is 12.4. The summed E-state index contributed by atoms with van der Waals surface area (Å²) >= 11 is 1.57. The third kappa shape index (κ3) is 4.39. The first-order chi connectivity index (χ1) is 16.0. The van der Waals surface area contributed by atoms with E-state index in [1.54, 1.807) is 33.9 Å². The maximum absolute atomic E-state index is 13.5. The smallest absolute Gasteiger partial charge is 0.259 e. The van der Waals surface area contributed by atoms with Crippen LogP contribution in [0.3, 0.4) is 0 Å². The Kier molecular flexibility index (Phi) is 5.68. The first kappa shape index (κ1) is 21.3. The van der Waals surface area contributed by atoms with Crippen molar-refractivity contribution >= 4 is 27.9 Å². The lowest BCUT2D eigenvalue weighted by Crippen LogP contribution is -2.18. The summed E-state index contributed by atoms with van der Waals surface area (Å²) in [4.78, 5) is 32.0. The first-order valence-electron chi connectivity index (χ1n) is 10.8. The summed E-state index contributed by atoms with van der Waals surface area (Å²) in [7, 11) is 0. The van der Waals surface area contributed by atoms with Crippen LogP contribution >= 0.6 is 11.3 Å². The number of carbonyl (C=O) groups excluding carboxylic acids is 1. The number of hydrogen-bond donors (Lipinski definition) is 1. The van der Waals surface area contributed by atoms with Crippen LogP contribution in [-0.2, 0) is 19.4 Å². The van der Waals surface area contributed by atoms with Gasteiger partial charge in [0, 0.05) is 22.2 Å². The van der Waals surface area contributed by atoms with Crippen LogP contribution in [0.4, 0.5) is 10.1 Å². The molecule has 2 aromatic heterocycles. The van der Waals surface area contributed by atoms with Crippen LogP contribution in [0.25, 0.3) is 4.96 Å². The molecule has 1 aliphatic carbocycles. The summed E-state index contributed by atoms with van der Waals surface area (Å²) in [6.45, 7) is 1.98. The Morgan fingerprint density at radius 2 is 2.03 bits per heavy atom. The molecular formula is C25H22FN3O3S. The fraction of sp³-hybridized carbons (Fsp3) is 0.240. The number of ether oxygens (including phenoxy) is 1. The number of hydrogen-bond acceptors (Lipinski definition) is 5. The second-order valence-corrected chi connectivity index (χ2v) is 9.20. The van der Waals surface area contributed by atoms with Crippen molar-refractivity contribution in [2.45, 2.75) is 39.2 Å². The molecule has 1 aliphatic rings. The molecule has 5 rings (SSSR count). The molecule has 0 atom stereocenters. The highest BCUT2D eigenvalue weighted by Gasteiger charge is 2.19. The highest BCUT2D eigenvalue weighted by atomic mass is 32.1. The number of benzene rings is 2. The average Bonchev–Trinajstić information content (AvgIpc) is 3.17. The number of carbonyl (C=O) groups is 1. The number of aromatic nitrogens is 2. The van der Waals surface area contributed by atoms with Gasteiger partial charge in [0.15, 0.2) is 4.96 Å². The molecule has 6 nitrogen and oxygen atoms in total. The van der Waals surface area contributed by atoms with Crippen molar-refractivity contribution in [2.75, 3.05) is 5.32 Å². The monoisotopic (exact) mass is 463 g/mol. The normalized spacial score (nSPS) is 13.0. The SMILES string of the molecule is Cc1ccc(OCc2cc(=O)n3c4c(sc3n2)CCCC4)c(NC(=O)c2cccc(F)c2)c1. The topological polar surface area (TPSA) is 72.7 Å². The second kappa shape index (κ2) is 8.78. The van der Waals surface area contributed by atoms with E-state index in [4.69, 9.17) is 4.74 Å². The molecule has 4 aromatic rings. The molecule has 8 heteroatoms. The zero-order valence-electron chi connectivity index (χ0n) is 18.1. The molecule has 2 heterocycles. The molecule has 0 saturated carbocycles. The summed E-state index contributed by atoms with van der Waals surface area (Å²) in [5, 5.41) is 2.79. The van der Waals surface area contributed by atoms with Crippen molar-refractivity contribution in [3.8, 4) is 5.75 Å². The van der Waals surface area contributed by atoms with Gasteiger partial charge in [0.25, 0.3) is 11.5 Å². The highest BCUT2D eigenvalue weighted by Crippen LogP contribution is 2.29. The number of rotatable bonds is 5.